The molecule has 150 valence electrons. The molecule has 0 aliphatic rings. The van der Waals surface area contributed by atoms with Crippen LogP contribution in [0.3, 0.4) is 0 Å². The van der Waals surface area contributed by atoms with E-state index >= 15 is 0 Å². The van der Waals surface area contributed by atoms with E-state index < -0.39 is 28.6 Å². The maximum absolute atomic E-state index is 12.9. The molecular formula is C19H24N4O4S. The van der Waals surface area contributed by atoms with Crippen LogP contribution in [0.2, 0.25) is 0 Å². The Balaban J connectivity index is 2.40. The van der Waals surface area contributed by atoms with Gasteiger partial charge in [0.1, 0.15) is 6.54 Å². The van der Waals surface area contributed by atoms with Crippen molar-refractivity contribution < 1.29 is 18.0 Å². The lowest BCUT2D eigenvalue weighted by Gasteiger charge is -2.28. The number of benzene rings is 2. The zero-order valence-electron chi connectivity index (χ0n) is 16.3. The third-order valence-electron chi connectivity index (χ3n) is 4.13. The van der Waals surface area contributed by atoms with Gasteiger partial charge in [0.05, 0.1) is 16.9 Å². The predicted octanol–water partition coefficient (Wildman–Crippen LogP) is 1.65. The third kappa shape index (κ3) is 4.68. The molecule has 3 N–H and O–H groups in total. The van der Waals surface area contributed by atoms with E-state index in [1.807, 2.05) is 13.0 Å². The lowest BCUT2D eigenvalue weighted by atomic mass is 10.1. The molecule has 0 saturated heterocycles. The second-order valence-corrected chi connectivity index (χ2v) is 8.61. The highest BCUT2D eigenvalue weighted by Gasteiger charge is 2.28. The maximum atomic E-state index is 12.9. The molecule has 0 spiro atoms. The highest BCUT2D eigenvalue weighted by Crippen LogP contribution is 2.25. The van der Waals surface area contributed by atoms with Crippen molar-refractivity contribution in [2.45, 2.75) is 13.8 Å². The minimum atomic E-state index is -3.93. The van der Waals surface area contributed by atoms with Gasteiger partial charge in [0.2, 0.25) is 5.91 Å². The van der Waals surface area contributed by atoms with E-state index in [-0.39, 0.29) is 11.3 Å². The van der Waals surface area contributed by atoms with E-state index in [0.29, 0.717) is 11.3 Å². The highest BCUT2D eigenvalue weighted by molar-refractivity contribution is 7.90. The molecule has 0 fully saturated rings. The Bertz CT molecular complexity index is 1000. The van der Waals surface area contributed by atoms with E-state index in [1.165, 1.54) is 26.2 Å². The van der Waals surface area contributed by atoms with Gasteiger partial charge in [-0.15, -0.1) is 0 Å². The van der Waals surface area contributed by atoms with Crippen molar-refractivity contribution >= 4 is 33.4 Å². The molecule has 0 heterocycles. The number of amides is 2. The van der Waals surface area contributed by atoms with Crippen LogP contribution < -0.4 is 15.4 Å². The van der Waals surface area contributed by atoms with E-state index in [1.54, 1.807) is 31.2 Å². The Labute approximate surface area is 165 Å². The Morgan fingerprint density at radius 3 is 2.32 bits per heavy atom. The van der Waals surface area contributed by atoms with Crippen LogP contribution in [0.25, 0.3) is 0 Å². The highest BCUT2D eigenvalue weighted by atomic mass is 32.2. The van der Waals surface area contributed by atoms with E-state index in [0.717, 1.165) is 14.2 Å². The molecule has 2 amide bonds. The Morgan fingerprint density at radius 2 is 1.71 bits per heavy atom. The SMILES string of the molecule is Cc1ccc(C)c(N(CC(=O)Nc2ccccc2C(N)=O)S(=O)(=O)N(C)C)c1. The molecule has 28 heavy (non-hydrogen) atoms. The fourth-order valence-corrected chi connectivity index (χ4v) is 3.72. The molecule has 0 aliphatic carbocycles. The van der Waals surface area contributed by atoms with Gasteiger partial charge in [-0.1, -0.05) is 24.3 Å². The minimum absolute atomic E-state index is 0.143. The van der Waals surface area contributed by atoms with E-state index in [2.05, 4.69) is 5.32 Å². The lowest BCUT2D eigenvalue weighted by Crippen LogP contribution is -2.44. The summed E-state index contributed by atoms with van der Waals surface area (Å²) in [6, 6.07) is 11.6. The molecule has 0 atom stereocenters. The molecule has 0 radical (unpaired) electrons. The molecule has 0 aliphatic heterocycles. The normalized spacial score (nSPS) is 11.3. The molecule has 0 unspecified atom stereocenters. The summed E-state index contributed by atoms with van der Waals surface area (Å²) < 4.78 is 27.8. The Morgan fingerprint density at radius 1 is 1.07 bits per heavy atom. The summed E-state index contributed by atoms with van der Waals surface area (Å²) in [6.07, 6.45) is 0. The fraction of sp³-hybridized carbons (Fsp3) is 0.263. The quantitative estimate of drug-likeness (QED) is 0.730. The zero-order chi connectivity index (χ0) is 21.1. The number of nitrogens with two attached hydrogens (primary N) is 1. The molecule has 9 heteroatoms. The number of nitrogens with zero attached hydrogens (tertiary/aromatic N) is 2. The first kappa shape index (κ1) is 21.4. The van der Waals surface area contributed by atoms with Crippen LogP contribution in [0.4, 0.5) is 11.4 Å². The number of rotatable bonds is 7. The largest absolute Gasteiger partial charge is 0.366 e. The predicted molar refractivity (Wildman–Crippen MR) is 109 cm³/mol. The number of aryl methyl sites for hydroxylation is 2. The molecule has 0 saturated carbocycles. The van der Waals surface area contributed by atoms with Gasteiger partial charge in [0, 0.05) is 14.1 Å². The first-order valence-corrected chi connectivity index (χ1v) is 9.90. The van der Waals surface area contributed by atoms with Gasteiger partial charge < -0.3 is 11.1 Å². The molecule has 0 aromatic heterocycles. The number of anilines is 2. The van der Waals surface area contributed by atoms with Crippen LogP contribution in [-0.2, 0) is 15.0 Å². The number of para-hydroxylation sites is 1. The monoisotopic (exact) mass is 404 g/mol. The van der Waals surface area contributed by atoms with Gasteiger partial charge >= 0.3 is 10.2 Å². The summed E-state index contributed by atoms with van der Waals surface area (Å²) in [6.45, 7) is 3.15. The van der Waals surface area contributed by atoms with Gasteiger partial charge in [0.25, 0.3) is 5.91 Å². The first-order valence-electron chi connectivity index (χ1n) is 8.50. The summed E-state index contributed by atoms with van der Waals surface area (Å²) in [4.78, 5) is 24.2. The van der Waals surface area contributed by atoms with Crippen LogP contribution in [0.15, 0.2) is 42.5 Å². The Kier molecular flexibility index (Phi) is 6.42. The lowest BCUT2D eigenvalue weighted by molar-refractivity contribution is -0.114. The Hall–Kier alpha value is -2.91. The fourth-order valence-electron chi connectivity index (χ4n) is 2.60. The van der Waals surface area contributed by atoms with E-state index in [4.69, 9.17) is 5.73 Å². The molecule has 8 nitrogen and oxygen atoms in total. The van der Waals surface area contributed by atoms with Crippen LogP contribution in [0.5, 0.6) is 0 Å². The van der Waals surface area contributed by atoms with Crippen LogP contribution in [-0.4, -0.2) is 45.2 Å². The number of nitrogens with one attached hydrogen (secondary N) is 1. The van der Waals surface area contributed by atoms with Crippen molar-refractivity contribution in [2.24, 2.45) is 5.73 Å². The average molecular weight is 404 g/mol. The van der Waals surface area contributed by atoms with Crippen molar-refractivity contribution in [2.75, 3.05) is 30.3 Å². The van der Waals surface area contributed by atoms with E-state index in [9.17, 15) is 18.0 Å². The topological polar surface area (TPSA) is 113 Å². The van der Waals surface area contributed by atoms with Gasteiger partial charge in [-0.3, -0.25) is 9.59 Å². The zero-order valence-corrected chi connectivity index (χ0v) is 17.1. The number of hydrogen-bond acceptors (Lipinski definition) is 4. The van der Waals surface area contributed by atoms with Crippen LogP contribution in [0, 0.1) is 13.8 Å². The van der Waals surface area contributed by atoms with Crippen molar-refractivity contribution in [3.63, 3.8) is 0 Å². The van der Waals surface area contributed by atoms with Crippen LogP contribution >= 0.6 is 0 Å². The molecule has 2 rings (SSSR count). The van der Waals surface area contributed by atoms with Crippen molar-refractivity contribution in [1.29, 1.82) is 0 Å². The molecule has 0 bridgehead atoms. The summed E-state index contributed by atoms with van der Waals surface area (Å²) in [7, 11) is -1.14. The average Bonchev–Trinajstić information content (AvgIpc) is 2.62. The number of carbonyl (C=O) groups is 2. The smallest absolute Gasteiger partial charge is 0.304 e. The number of carbonyl (C=O) groups excluding carboxylic acids is 2. The maximum Gasteiger partial charge on any atom is 0.304 e. The summed E-state index contributed by atoms with van der Waals surface area (Å²) in [5, 5.41) is 2.57. The molecule has 2 aromatic rings. The number of hydrogen-bond donors (Lipinski definition) is 2. The standard InChI is InChI=1S/C19H24N4O4S/c1-13-9-10-14(2)17(11-13)23(28(26,27)22(3)4)12-18(24)21-16-8-6-5-7-15(16)19(20)25/h5-11H,12H2,1-4H3,(H2,20,25)(H,21,24). The van der Waals surface area contributed by atoms with Gasteiger partial charge in [-0.2, -0.15) is 12.7 Å². The third-order valence-corrected chi connectivity index (χ3v) is 5.93. The van der Waals surface area contributed by atoms with Gasteiger partial charge in [-0.05, 0) is 43.2 Å². The van der Waals surface area contributed by atoms with Gasteiger partial charge in [-0.25, -0.2) is 4.31 Å². The summed E-state index contributed by atoms with van der Waals surface area (Å²) in [5.74, 6) is -1.29. The van der Waals surface area contributed by atoms with Crippen molar-refractivity contribution in [3.8, 4) is 0 Å². The van der Waals surface area contributed by atoms with Gasteiger partial charge in [0.15, 0.2) is 0 Å². The molecular weight excluding hydrogens is 380 g/mol. The van der Waals surface area contributed by atoms with Crippen molar-refractivity contribution in [3.05, 3.63) is 59.2 Å². The van der Waals surface area contributed by atoms with Crippen molar-refractivity contribution in [1.82, 2.24) is 4.31 Å². The summed E-state index contributed by atoms with van der Waals surface area (Å²) in [5.41, 5.74) is 7.67. The minimum Gasteiger partial charge on any atom is -0.366 e. The first-order chi connectivity index (χ1) is 13.0. The molecule has 2 aromatic carbocycles. The number of primary amides is 1. The summed E-state index contributed by atoms with van der Waals surface area (Å²) >= 11 is 0. The second kappa shape index (κ2) is 8.41. The second-order valence-electron chi connectivity index (χ2n) is 6.54. The van der Waals surface area contributed by atoms with Crippen LogP contribution in [0.1, 0.15) is 21.5 Å².